The average molecular weight is 479 g/mol. The minimum Gasteiger partial charge on any atom is -0.349 e. The second-order valence-corrected chi connectivity index (χ2v) is 9.87. The monoisotopic (exact) mass is 478 g/mol. The van der Waals surface area contributed by atoms with Crippen LogP contribution in [0.4, 0.5) is 0 Å². The van der Waals surface area contributed by atoms with E-state index >= 15 is 0 Å². The summed E-state index contributed by atoms with van der Waals surface area (Å²) in [6.45, 7) is 5.49. The number of carbonyl (C=O) groups is 2. The van der Waals surface area contributed by atoms with Crippen molar-refractivity contribution in [2.45, 2.75) is 49.8 Å². The number of piperidine rings is 1. The molecule has 0 bridgehead atoms. The number of rotatable bonds is 8. The number of nitrogens with zero attached hydrogens (tertiary/aromatic N) is 5. The van der Waals surface area contributed by atoms with Gasteiger partial charge in [-0.3, -0.25) is 9.59 Å². The number of benzene rings is 2. The number of hydrogen-bond donors (Lipinski definition) is 1. The van der Waals surface area contributed by atoms with Crippen LogP contribution in [0.3, 0.4) is 0 Å². The summed E-state index contributed by atoms with van der Waals surface area (Å²) >= 11 is 1.54. The van der Waals surface area contributed by atoms with Crippen LogP contribution in [-0.4, -0.2) is 56.1 Å². The third-order valence-corrected chi connectivity index (χ3v) is 6.86. The third kappa shape index (κ3) is 6.02. The SMILES string of the molecule is CC(C)CC(=O)N1CCC(NC(=O)c2ccccc2SCc2nnnn2-c2ccccc2)CC1. The maximum absolute atomic E-state index is 13.1. The molecule has 0 aliphatic carbocycles. The van der Waals surface area contributed by atoms with Crippen molar-refractivity contribution in [1.82, 2.24) is 30.4 Å². The van der Waals surface area contributed by atoms with Crippen molar-refractivity contribution >= 4 is 23.6 Å². The molecule has 2 heterocycles. The molecule has 0 unspecified atom stereocenters. The second kappa shape index (κ2) is 11.3. The lowest BCUT2D eigenvalue weighted by Gasteiger charge is -2.33. The van der Waals surface area contributed by atoms with Gasteiger partial charge in [0.25, 0.3) is 5.91 Å². The summed E-state index contributed by atoms with van der Waals surface area (Å²) in [7, 11) is 0. The summed E-state index contributed by atoms with van der Waals surface area (Å²) in [5.41, 5.74) is 1.54. The summed E-state index contributed by atoms with van der Waals surface area (Å²) in [6, 6.07) is 17.4. The van der Waals surface area contributed by atoms with Crippen molar-refractivity contribution in [2.75, 3.05) is 13.1 Å². The molecular weight excluding hydrogens is 448 g/mol. The first kappa shape index (κ1) is 23.9. The Hall–Kier alpha value is -3.20. The maximum Gasteiger partial charge on any atom is 0.252 e. The van der Waals surface area contributed by atoms with Gasteiger partial charge in [-0.2, -0.15) is 4.68 Å². The molecule has 1 N–H and O–H groups in total. The molecule has 3 aromatic rings. The lowest BCUT2D eigenvalue weighted by Crippen LogP contribution is -2.46. The number of nitrogens with one attached hydrogen (secondary N) is 1. The lowest BCUT2D eigenvalue weighted by molar-refractivity contribution is -0.133. The smallest absolute Gasteiger partial charge is 0.252 e. The number of hydrogen-bond acceptors (Lipinski definition) is 6. The predicted octanol–water partition coefficient (Wildman–Crippen LogP) is 3.72. The molecule has 4 rings (SSSR count). The van der Waals surface area contributed by atoms with Gasteiger partial charge in [0.1, 0.15) is 0 Å². The summed E-state index contributed by atoms with van der Waals surface area (Å²) < 4.78 is 1.71. The van der Waals surface area contributed by atoms with Crippen molar-refractivity contribution in [2.24, 2.45) is 5.92 Å². The van der Waals surface area contributed by atoms with Gasteiger partial charge < -0.3 is 10.2 Å². The van der Waals surface area contributed by atoms with E-state index in [1.165, 1.54) is 11.8 Å². The highest BCUT2D eigenvalue weighted by Crippen LogP contribution is 2.26. The Balaban J connectivity index is 1.36. The molecule has 8 nitrogen and oxygen atoms in total. The van der Waals surface area contributed by atoms with Gasteiger partial charge in [-0.1, -0.05) is 44.2 Å². The van der Waals surface area contributed by atoms with Gasteiger partial charge in [0.15, 0.2) is 5.82 Å². The fourth-order valence-electron chi connectivity index (χ4n) is 4.00. The number of para-hydroxylation sites is 1. The number of tetrazole rings is 1. The Morgan fingerprint density at radius 1 is 1.06 bits per heavy atom. The van der Waals surface area contributed by atoms with Gasteiger partial charge in [-0.05, 0) is 53.5 Å². The largest absolute Gasteiger partial charge is 0.349 e. The molecule has 1 aliphatic rings. The third-order valence-electron chi connectivity index (χ3n) is 5.79. The lowest BCUT2D eigenvalue weighted by atomic mass is 10.0. The van der Waals surface area contributed by atoms with E-state index in [1.807, 2.05) is 59.5 Å². The first-order valence-corrected chi connectivity index (χ1v) is 12.6. The van der Waals surface area contributed by atoms with Crippen LogP contribution in [0, 0.1) is 5.92 Å². The first-order valence-electron chi connectivity index (χ1n) is 11.6. The number of aromatic nitrogens is 4. The molecule has 2 amide bonds. The Morgan fingerprint density at radius 2 is 1.76 bits per heavy atom. The van der Waals surface area contributed by atoms with E-state index in [2.05, 4.69) is 34.7 Å². The molecule has 34 heavy (non-hydrogen) atoms. The number of likely N-dealkylation sites (tertiary alicyclic amines) is 1. The zero-order valence-electron chi connectivity index (χ0n) is 19.6. The van der Waals surface area contributed by atoms with Crippen molar-refractivity contribution in [3.8, 4) is 5.69 Å². The fourth-order valence-corrected chi connectivity index (χ4v) is 4.96. The van der Waals surface area contributed by atoms with E-state index in [0.29, 0.717) is 42.6 Å². The van der Waals surface area contributed by atoms with Crippen LogP contribution in [0.15, 0.2) is 59.5 Å². The van der Waals surface area contributed by atoms with Crippen molar-refractivity contribution < 1.29 is 9.59 Å². The molecular formula is C25H30N6O2S. The summed E-state index contributed by atoms with van der Waals surface area (Å²) in [6.07, 6.45) is 2.13. The highest BCUT2D eigenvalue weighted by Gasteiger charge is 2.25. The molecule has 0 atom stereocenters. The molecule has 1 aromatic heterocycles. The van der Waals surface area contributed by atoms with Gasteiger partial charge in [0, 0.05) is 30.4 Å². The van der Waals surface area contributed by atoms with Crippen LogP contribution in [0.2, 0.25) is 0 Å². The zero-order valence-corrected chi connectivity index (χ0v) is 20.4. The maximum atomic E-state index is 13.1. The van der Waals surface area contributed by atoms with Crippen LogP contribution >= 0.6 is 11.8 Å². The van der Waals surface area contributed by atoms with Gasteiger partial charge in [0.05, 0.1) is 17.0 Å². The molecule has 1 saturated heterocycles. The quantitative estimate of drug-likeness (QED) is 0.496. The fraction of sp³-hybridized carbons (Fsp3) is 0.400. The van der Waals surface area contributed by atoms with Crippen LogP contribution in [0.25, 0.3) is 5.69 Å². The van der Waals surface area contributed by atoms with E-state index in [4.69, 9.17) is 0 Å². The second-order valence-electron chi connectivity index (χ2n) is 8.85. The van der Waals surface area contributed by atoms with Gasteiger partial charge in [0.2, 0.25) is 5.91 Å². The summed E-state index contributed by atoms with van der Waals surface area (Å²) in [5.74, 6) is 1.72. The normalized spacial score (nSPS) is 14.4. The Labute approximate surface area is 204 Å². The van der Waals surface area contributed by atoms with Crippen molar-refractivity contribution in [3.05, 3.63) is 66.0 Å². The molecule has 178 valence electrons. The molecule has 0 saturated carbocycles. The van der Waals surface area contributed by atoms with E-state index < -0.39 is 0 Å². The highest BCUT2D eigenvalue weighted by atomic mass is 32.2. The minimum absolute atomic E-state index is 0.0686. The molecule has 0 spiro atoms. The number of amides is 2. The minimum atomic E-state index is -0.0855. The average Bonchev–Trinajstić information content (AvgIpc) is 3.32. The molecule has 1 aliphatic heterocycles. The van der Waals surface area contributed by atoms with Gasteiger partial charge >= 0.3 is 0 Å². The predicted molar refractivity (Wildman–Crippen MR) is 132 cm³/mol. The van der Waals surface area contributed by atoms with Gasteiger partial charge in [-0.25, -0.2) is 0 Å². The van der Waals surface area contributed by atoms with E-state index in [9.17, 15) is 9.59 Å². The van der Waals surface area contributed by atoms with E-state index in [1.54, 1.807) is 4.68 Å². The number of carbonyl (C=O) groups excluding carboxylic acids is 2. The van der Waals surface area contributed by atoms with Crippen molar-refractivity contribution in [3.63, 3.8) is 0 Å². The van der Waals surface area contributed by atoms with Crippen molar-refractivity contribution in [1.29, 1.82) is 0 Å². The molecule has 9 heteroatoms. The van der Waals surface area contributed by atoms with Crippen LogP contribution in [0.1, 0.15) is 49.3 Å². The molecule has 2 aromatic carbocycles. The number of thioether (sulfide) groups is 1. The Kier molecular flexibility index (Phi) is 7.95. The van der Waals surface area contributed by atoms with E-state index in [-0.39, 0.29) is 17.9 Å². The standard InChI is InChI=1S/C25H30N6O2S/c1-18(2)16-24(32)30-14-12-19(13-15-30)26-25(33)21-10-6-7-11-22(21)34-17-23-27-28-29-31(23)20-8-4-3-5-9-20/h3-11,18-19H,12-17H2,1-2H3,(H,26,33). The van der Waals surface area contributed by atoms with Gasteiger partial charge in [-0.15, -0.1) is 16.9 Å². The van der Waals surface area contributed by atoms with E-state index in [0.717, 1.165) is 23.4 Å². The topological polar surface area (TPSA) is 93.0 Å². The van der Waals surface area contributed by atoms with Crippen LogP contribution < -0.4 is 5.32 Å². The molecule has 0 radical (unpaired) electrons. The first-order chi connectivity index (χ1) is 16.5. The summed E-state index contributed by atoms with van der Waals surface area (Å²) in [4.78, 5) is 28.2. The Bertz CT molecular complexity index is 1110. The Morgan fingerprint density at radius 3 is 2.50 bits per heavy atom. The van der Waals surface area contributed by atoms with Crippen LogP contribution in [0.5, 0.6) is 0 Å². The molecule has 1 fully saturated rings. The summed E-state index contributed by atoms with van der Waals surface area (Å²) in [5, 5.41) is 15.3. The zero-order chi connectivity index (χ0) is 23.9. The van der Waals surface area contributed by atoms with Crippen LogP contribution in [-0.2, 0) is 10.5 Å². The highest BCUT2D eigenvalue weighted by molar-refractivity contribution is 7.98.